The lowest BCUT2D eigenvalue weighted by molar-refractivity contribution is -0.124. The Morgan fingerprint density at radius 3 is 1.50 bits per heavy atom. The van der Waals surface area contributed by atoms with E-state index in [4.69, 9.17) is 23.2 Å². The third-order valence-electron chi connectivity index (χ3n) is 7.26. The molecule has 1 aliphatic carbocycles. The second-order valence-corrected chi connectivity index (χ2v) is 9.62. The van der Waals surface area contributed by atoms with Crippen LogP contribution < -0.4 is 4.90 Å². The second kappa shape index (κ2) is 7.56. The number of carbonyl (C=O) groups is 2. The van der Waals surface area contributed by atoms with E-state index in [-0.39, 0.29) is 11.8 Å². The van der Waals surface area contributed by atoms with E-state index in [0.717, 1.165) is 16.7 Å². The predicted octanol–water partition coefficient (Wildman–Crippen LogP) is 6.42. The molecule has 34 heavy (non-hydrogen) atoms. The molecular weight excluding hydrogens is 465 g/mol. The Labute approximate surface area is 207 Å². The summed E-state index contributed by atoms with van der Waals surface area (Å²) in [5.74, 6) is -1.04. The van der Waals surface area contributed by atoms with Crippen molar-refractivity contribution in [2.75, 3.05) is 4.90 Å². The highest BCUT2D eigenvalue weighted by atomic mass is 35.5. The van der Waals surface area contributed by atoms with Crippen LogP contribution in [0.1, 0.15) is 16.7 Å². The maximum atomic E-state index is 14.5. The third kappa shape index (κ3) is 2.60. The molecule has 5 heteroatoms. The standard InChI is InChI=1S/C29H19Cl2NO2/c30-22-13-11-21(12-14-22)29-25(26(33)32(27(29)34)24-17-15-23(31)16-18-24)28(29,19-7-3-1-4-8-19)20-9-5-2-6-10-20/h1-18,25H/t25-,29-/m0/s1. The largest absolute Gasteiger partial charge is 0.274 e. The van der Waals surface area contributed by atoms with Crippen LogP contribution in [0.4, 0.5) is 5.69 Å². The normalized spacial score (nSPS) is 22.5. The Hall–Kier alpha value is -3.40. The van der Waals surface area contributed by atoms with Crippen LogP contribution in [-0.4, -0.2) is 11.8 Å². The Kier molecular flexibility index (Phi) is 4.70. The van der Waals surface area contributed by atoms with Gasteiger partial charge in [0, 0.05) is 10.0 Å². The molecule has 2 fully saturated rings. The van der Waals surface area contributed by atoms with Crippen molar-refractivity contribution >= 4 is 40.7 Å². The fourth-order valence-electron chi connectivity index (χ4n) is 5.97. The molecule has 166 valence electrons. The van der Waals surface area contributed by atoms with Gasteiger partial charge < -0.3 is 0 Å². The van der Waals surface area contributed by atoms with E-state index < -0.39 is 16.7 Å². The molecule has 0 N–H and O–H groups in total. The summed E-state index contributed by atoms with van der Waals surface area (Å²) in [6.07, 6.45) is 0. The van der Waals surface area contributed by atoms with Gasteiger partial charge in [0.15, 0.2) is 0 Å². The zero-order valence-corrected chi connectivity index (χ0v) is 19.5. The van der Waals surface area contributed by atoms with Crippen molar-refractivity contribution < 1.29 is 9.59 Å². The van der Waals surface area contributed by atoms with Crippen molar-refractivity contribution in [2.45, 2.75) is 10.8 Å². The van der Waals surface area contributed by atoms with E-state index in [2.05, 4.69) is 0 Å². The van der Waals surface area contributed by atoms with Gasteiger partial charge in [-0.1, -0.05) is 96.0 Å². The smallest absolute Gasteiger partial charge is 0.246 e. The van der Waals surface area contributed by atoms with Gasteiger partial charge in [-0.25, -0.2) is 4.90 Å². The van der Waals surface area contributed by atoms with Crippen LogP contribution in [0.25, 0.3) is 0 Å². The van der Waals surface area contributed by atoms with Crippen molar-refractivity contribution in [3.63, 3.8) is 0 Å². The zero-order valence-electron chi connectivity index (χ0n) is 18.0. The van der Waals surface area contributed by atoms with E-state index in [9.17, 15) is 9.59 Å². The summed E-state index contributed by atoms with van der Waals surface area (Å²) in [4.78, 5) is 29.9. The lowest BCUT2D eigenvalue weighted by Crippen LogP contribution is -2.44. The zero-order chi connectivity index (χ0) is 23.5. The van der Waals surface area contributed by atoms with Crippen LogP contribution in [0.15, 0.2) is 109 Å². The van der Waals surface area contributed by atoms with E-state index in [1.54, 1.807) is 36.4 Å². The van der Waals surface area contributed by atoms with Gasteiger partial charge in [-0.05, 0) is 53.1 Å². The number of anilines is 1. The average Bonchev–Trinajstić information content (AvgIpc) is 3.46. The topological polar surface area (TPSA) is 37.4 Å². The fourth-order valence-corrected chi connectivity index (χ4v) is 6.22. The van der Waals surface area contributed by atoms with E-state index in [1.165, 1.54) is 4.90 Å². The molecule has 0 unspecified atom stereocenters. The molecule has 2 amide bonds. The van der Waals surface area contributed by atoms with Crippen molar-refractivity contribution in [2.24, 2.45) is 5.92 Å². The SMILES string of the molecule is O=C1[C@H]2C(c3ccccc3)(c3ccccc3)[C@]2(c2ccc(Cl)cc2)C(=O)N1c1ccc(Cl)cc1. The molecule has 2 aliphatic rings. The van der Waals surface area contributed by atoms with Gasteiger partial charge in [0.2, 0.25) is 11.8 Å². The van der Waals surface area contributed by atoms with E-state index >= 15 is 0 Å². The molecule has 3 nitrogen and oxygen atoms in total. The van der Waals surface area contributed by atoms with Crippen molar-refractivity contribution in [3.05, 3.63) is 136 Å². The number of amides is 2. The number of hydrogen-bond acceptors (Lipinski definition) is 2. The van der Waals surface area contributed by atoms with Gasteiger partial charge in [-0.2, -0.15) is 0 Å². The van der Waals surface area contributed by atoms with Crippen LogP contribution in [0.5, 0.6) is 0 Å². The summed E-state index contributed by atoms with van der Waals surface area (Å²) in [6, 6.07) is 33.9. The Morgan fingerprint density at radius 1 is 0.559 bits per heavy atom. The highest BCUT2D eigenvalue weighted by Gasteiger charge is 2.89. The van der Waals surface area contributed by atoms with Gasteiger partial charge in [-0.3, -0.25) is 9.59 Å². The Morgan fingerprint density at radius 2 is 1.00 bits per heavy atom. The summed E-state index contributed by atoms with van der Waals surface area (Å²) in [6.45, 7) is 0. The summed E-state index contributed by atoms with van der Waals surface area (Å²) in [7, 11) is 0. The van der Waals surface area contributed by atoms with Crippen molar-refractivity contribution in [1.29, 1.82) is 0 Å². The number of hydrogen-bond donors (Lipinski definition) is 0. The minimum atomic E-state index is -1.09. The third-order valence-corrected chi connectivity index (χ3v) is 7.76. The summed E-state index contributed by atoms with van der Waals surface area (Å²) < 4.78 is 0. The molecule has 0 bridgehead atoms. The van der Waals surface area contributed by atoms with Gasteiger partial charge in [0.05, 0.1) is 17.0 Å². The first-order valence-corrected chi connectivity index (χ1v) is 11.8. The predicted molar refractivity (Wildman–Crippen MR) is 134 cm³/mol. The molecule has 1 saturated carbocycles. The molecule has 4 aromatic rings. The van der Waals surface area contributed by atoms with E-state index in [1.807, 2.05) is 72.8 Å². The Bertz CT molecular complexity index is 1360. The summed E-state index contributed by atoms with van der Waals surface area (Å²) in [5.41, 5.74) is 1.29. The van der Waals surface area contributed by atoms with Crippen LogP contribution >= 0.6 is 23.2 Å². The number of carbonyl (C=O) groups excluding carboxylic acids is 2. The Balaban J connectivity index is 1.64. The molecule has 2 atom stereocenters. The molecule has 0 spiro atoms. The molecule has 1 heterocycles. The molecule has 0 radical (unpaired) electrons. The summed E-state index contributed by atoms with van der Waals surface area (Å²) >= 11 is 12.3. The van der Waals surface area contributed by atoms with Crippen LogP contribution in [0.3, 0.4) is 0 Å². The summed E-state index contributed by atoms with van der Waals surface area (Å²) in [5, 5.41) is 1.12. The molecule has 1 saturated heterocycles. The molecule has 6 rings (SSSR count). The molecule has 0 aromatic heterocycles. The number of imide groups is 1. The van der Waals surface area contributed by atoms with Gasteiger partial charge >= 0.3 is 0 Å². The van der Waals surface area contributed by atoms with Gasteiger partial charge in [0.1, 0.15) is 5.41 Å². The number of fused-ring (bicyclic) bond motifs is 1. The van der Waals surface area contributed by atoms with Crippen molar-refractivity contribution in [1.82, 2.24) is 0 Å². The number of nitrogens with zero attached hydrogens (tertiary/aromatic N) is 1. The number of rotatable bonds is 4. The monoisotopic (exact) mass is 483 g/mol. The van der Waals surface area contributed by atoms with Crippen LogP contribution in [0, 0.1) is 5.92 Å². The number of benzene rings is 4. The van der Waals surface area contributed by atoms with Gasteiger partial charge in [-0.15, -0.1) is 0 Å². The average molecular weight is 484 g/mol. The van der Waals surface area contributed by atoms with Crippen molar-refractivity contribution in [3.8, 4) is 0 Å². The lowest BCUT2D eigenvalue weighted by atomic mass is 9.76. The minimum Gasteiger partial charge on any atom is -0.274 e. The maximum Gasteiger partial charge on any atom is 0.246 e. The molecular formula is C29H19Cl2NO2. The van der Waals surface area contributed by atoms with Crippen LogP contribution in [0.2, 0.25) is 10.0 Å². The number of piperidine rings is 1. The van der Waals surface area contributed by atoms with E-state index in [0.29, 0.717) is 15.7 Å². The first-order chi connectivity index (χ1) is 16.5. The molecule has 4 aromatic carbocycles. The first-order valence-electron chi connectivity index (χ1n) is 11.0. The molecule has 1 aliphatic heterocycles. The quantitative estimate of drug-likeness (QED) is 0.314. The first kappa shape index (κ1) is 21.2. The van der Waals surface area contributed by atoms with Gasteiger partial charge in [0.25, 0.3) is 0 Å². The fraction of sp³-hybridized carbons (Fsp3) is 0.103. The second-order valence-electron chi connectivity index (χ2n) is 8.74. The lowest BCUT2D eigenvalue weighted by Gasteiger charge is -2.31. The highest BCUT2D eigenvalue weighted by Crippen LogP contribution is 2.77. The minimum absolute atomic E-state index is 0.213. The highest BCUT2D eigenvalue weighted by molar-refractivity contribution is 6.33. The maximum absolute atomic E-state index is 14.5. The number of halogens is 2. The van der Waals surface area contributed by atoms with Crippen LogP contribution in [-0.2, 0) is 20.4 Å².